The van der Waals surface area contributed by atoms with Crippen molar-refractivity contribution in [2.75, 3.05) is 19.8 Å². The first kappa shape index (κ1) is 58.4. The first-order valence-electron chi connectivity index (χ1n) is 23.3. The highest BCUT2D eigenvalue weighted by molar-refractivity contribution is 7.47. The number of carbonyl (C=O) groups is 3. The van der Waals surface area contributed by atoms with Crippen molar-refractivity contribution in [1.29, 1.82) is 0 Å². The molecular formula is C50H82NO10P. The molecule has 0 aliphatic rings. The first-order valence-corrected chi connectivity index (χ1v) is 24.8. The van der Waals surface area contributed by atoms with Crippen LogP contribution in [-0.4, -0.2) is 64.9 Å². The number of aliphatic hydroxyl groups is 1. The Labute approximate surface area is 374 Å². The Kier molecular flexibility index (Phi) is 41.5. The van der Waals surface area contributed by atoms with Gasteiger partial charge in [-0.15, -0.1) is 0 Å². The van der Waals surface area contributed by atoms with Crippen LogP contribution in [0.4, 0.5) is 0 Å². The van der Waals surface area contributed by atoms with Crippen LogP contribution in [0.2, 0.25) is 0 Å². The molecule has 0 fully saturated rings. The van der Waals surface area contributed by atoms with E-state index in [1.807, 2.05) is 12.2 Å². The van der Waals surface area contributed by atoms with Gasteiger partial charge in [0.25, 0.3) is 0 Å². The molecule has 0 aliphatic heterocycles. The molecule has 0 saturated heterocycles. The van der Waals surface area contributed by atoms with Gasteiger partial charge in [0.15, 0.2) is 6.04 Å². The molecule has 11 nitrogen and oxygen atoms in total. The van der Waals surface area contributed by atoms with Crippen molar-refractivity contribution >= 4 is 25.7 Å². The fourth-order valence-corrected chi connectivity index (χ4v) is 6.47. The summed E-state index contributed by atoms with van der Waals surface area (Å²) in [4.78, 5) is 46.0. The molecule has 4 N–H and O–H groups in total. The molecule has 0 spiro atoms. The number of aliphatic carboxylic acids is 1. The third-order valence-corrected chi connectivity index (χ3v) is 10.3. The van der Waals surface area contributed by atoms with Crippen molar-refractivity contribution in [1.82, 2.24) is 5.32 Å². The van der Waals surface area contributed by atoms with Crippen LogP contribution in [0.5, 0.6) is 0 Å². The maximum atomic E-state index is 12.3. The van der Waals surface area contributed by atoms with Crippen molar-refractivity contribution in [2.24, 2.45) is 0 Å². The number of esters is 1. The van der Waals surface area contributed by atoms with E-state index >= 15 is 0 Å². The lowest BCUT2D eigenvalue weighted by atomic mass is 10.1. The number of nitrogens with one attached hydrogen (secondary N) is 1. The number of carbonyl (C=O) groups excluding carboxylic acids is 2. The molecule has 3 atom stereocenters. The molecule has 0 aromatic rings. The maximum Gasteiger partial charge on any atom is 0.472 e. The third-order valence-electron chi connectivity index (χ3n) is 9.35. The highest BCUT2D eigenvalue weighted by atomic mass is 31.2. The summed E-state index contributed by atoms with van der Waals surface area (Å²) >= 11 is 0. The molecule has 0 saturated carbocycles. The van der Waals surface area contributed by atoms with Gasteiger partial charge < -0.3 is 25.2 Å². The topological polar surface area (TPSA) is 169 Å². The van der Waals surface area contributed by atoms with E-state index in [1.54, 1.807) is 0 Å². The molecule has 1 amide bonds. The number of carboxylic acid groups (broad SMARTS) is 1. The second kappa shape index (κ2) is 44.0. The van der Waals surface area contributed by atoms with Gasteiger partial charge in [-0.3, -0.25) is 18.6 Å². The van der Waals surface area contributed by atoms with Crippen LogP contribution in [-0.2, 0) is 32.7 Å². The van der Waals surface area contributed by atoms with Gasteiger partial charge in [0, 0.05) is 12.8 Å². The number of rotatable bonds is 42. The average molecular weight is 888 g/mol. The second-order valence-electron chi connectivity index (χ2n) is 15.2. The van der Waals surface area contributed by atoms with Crippen LogP contribution >= 0.6 is 7.82 Å². The summed E-state index contributed by atoms with van der Waals surface area (Å²) in [6, 6.07) is -1.57. The Morgan fingerprint density at radius 1 is 0.516 bits per heavy atom. The van der Waals surface area contributed by atoms with Gasteiger partial charge in [-0.1, -0.05) is 156 Å². The van der Waals surface area contributed by atoms with Gasteiger partial charge >= 0.3 is 19.8 Å². The molecule has 0 heterocycles. The predicted molar refractivity (Wildman–Crippen MR) is 254 cm³/mol. The molecular weight excluding hydrogens is 806 g/mol. The average Bonchev–Trinajstić information content (AvgIpc) is 3.25. The van der Waals surface area contributed by atoms with Crippen LogP contribution in [0.25, 0.3) is 0 Å². The number of hydrogen-bond donors (Lipinski definition) is 4. The van der Waals surface area contributed by atoms with Crippen LogP contribution in [0.3, 0.4) is 0 Å². The molecule has 0 bridgehead atoms. The Bertz CT molecular complexity index is 1410. The summed E-state index contributed by atoms with van der Waals surface area (Å²) < 4.78 is 26.8. The lowest BCUT2D eigenvalue weighted by molar-refractivity contribution is -0.147. The first-order chi connectivity index (χ1) is 30.1. The number of carboxylic acids is 1. The van der Waals surface area contributed by atoms with Gasteiger partial charge in [0.05, 0.1) is 13.2 Å². The fourth-order valence-electron chi connectivity index (χ4n) is 5.70. The number of hydrogen-bond acceptors (Lipinski definition) is 8. The summed E-state index contributed by atoms with van der Waals surface area (Å²) in [5.41, 5.74) is 0. The number of allylic oxidation sites excluding steroid dienone is 16. The lowest BCUT2D eigenvalue weighted by Crippen LogP contribution is -2.43. The summed E-state index contributed by atoms with van der Waals surface area (Å²) in [6.45, 7) is 2.46. The van der Waals surface area contributed by atoms with E-state index in [9.17, 15) is 34.1 Å². The highest BCUT2D eigenvalue weighted by Crippen LogP contribution is 2.43. The SMILES string of the molecule is CCCCC/C=C\C/C=C\C/C=C\C/C=C\CCCCCCCC(=O)NC(COP(=O)(O)OCC(O)COC(=O)CCC/C=C\C/C=C\C/C=C\C/C=C\CCCCC)C(=O)O. The van der Waals surface area contributed by atoms with E-state index in [-0.39, 0.29) is 12.8 Å². The van der Waals surface area contributed by atoms with Crippen molar-refractivity contribution in [3.63, 3.8) is 0 Å². The Morgan fingerprint density at radius 2 is 0.903 bits per heavy atom. The minimum Gasteiger partial charge on any atom is -0.480 e. The van der Waals surface area contributed by atoms with Gasteiger partial charge in [-0.05, 0) is 96.3 Å². The van der Waals surface area contributed by atoms with E-state index in [4.69, 9.17) is 13.8 Å². The Hall–Kier alpha value is -3.60. The largest absolute Gasteiger partial charge is 0.480 e. The zero-order chi connectivity index (χ0) is 45.6. The number of amides is 1. The third kappa shape index (κ3) is 43.1. The van der Waals surface area contributed by atoms with Crippen LogP contribution < -0.4 is 5.32 Å². The minimum absolute atomic E-state index is 0.115. The Morgan fingerprint density at radius 3 is 1.35 bits per heavy atom. The maximum absolute atomic E-state index is 12.3. The van der Waals surface area contributed by atoms with Crippen molar-refractivity contribution in [3.05, 3.63) is 97.2 Å². The van der Waals surface area contributed by atoms with Crippen molar-refractivity contribution in [2.45, 2.75) is 180 Å². The van der Waals surface area contributed by atoms with E-state index < -0.39 is 57.6 Å². The van der Waals surface area contributed by atoms with Crippen LogP contribution in [0.1, 0.15) is 168 Å². The van der Waals surface area contributed by atoms with Crippen LogP contribution in [0.15, 0.2) is 97.2 Å². The number of aliphatic hydroxyl groups excluding tert-OH is 1. The Balaban J connectivity index is 4.01. The van der Waals surface area contributed by atoms with E-state index in [0.29, 0.717) is 19.3 Å². The summed E-state index contributed by atoms with van der Waals surface area (Å²) in [5.74, 6) is -2.47. The van der Waals surface area contributed by atoms with Crippen molar-refractivity contribution < 1.29 is 47.8 Å². The molecule has 62 heavy (non-hydrogen) atoms. The monoisotopic (exact) mass is 888 g/mol. The standard InChI is InChI=1S/C50H82NO10P/c1-3-5-7-9-11-13-15-17-19-21-22-23-24-26-27-29-31-33-35-37-39-41-48(53)51-47(50(55)56)45-61-62(57,58)60-44-46(52)43-59-49(54)42-40-38-36-34-32-30-28-25-20-18-16-14-12-10-8-6-4-2/h11-14,17-20,22-23,26-28,30,34,36,46-47,52H,3-10,15-16,21,24-25,29,31-33,35,37-45H2,1-2H3,(H,51,53)(H,55,56)(H,57,58)/b13-11-,14-12-,19-17-,20-18-,23-22-,27-26-,30-28-,36-34-. The molecule has 0 aromatic heterocycles. The lowest BCUT2D eigenvalue weighted by Gasteiger charge is -2.18. The molecule has 3 unspecified atom stereocenters. The molecule has 12 heteroatoms. The van der Waals surface area contributed by atoms with E-state index in [2.05, 4.69) is 104 Å². The summed E-state index contributed by atoms with van der Waals surface area (Å²) in [5, 5.41) is 21.8. The van der Waals surface area contributed by atoms with Crippen LogP contribution in [0, 0.1) is 0 Å². The second-order valence-corrected chi connectivity index (χ2v) is 16.7. The summed E-state index contributed by atoms with van der Waals surface area (Å²) in [7, 11) is -4.78. The predicted octanol–water partition coefficient (Wildman–Crippen LogP) is 12.4. The fraction of sp³-hybridized carbons (Fsp3) is 0.620. The molecule has 0 radical (unpaired) electrons. The zero-order valence-corrected chi connectivity index (χ0v) is 39.0. The normalized spacial score (nSPS) is 14.5. The van der Waals surface area contributed by atoms with Gasteiger partial charge in [-0.2, -0.15) is 0 Å². The summed E-state index contributed by atoms with van der Waals surface area (Å²) in [6.07, 6.45) is 55.7. The number of unbranched alkanes of at least 4 members (excludes halogenated alkanes) is 12. The van der Waals surface area contributed by atoms with Gasteiger partial charge in [0.1, 0.15) is 12.7 Å². The number of phosphoric acid groups is 1. The minimum atomic E-state index is -4.78. The van der Waals surface area contributed by atoms with E-state index in [1.165, 1.54) is 44.9 Å². The number of phosphoric ester groups is 1. The smallest absolute Gasteiger partial charge is 0.472 e. The highest BCUT2D eigenvalue weighted by Gasteiger charge is 2.28. The molecule has 0 aliphatic carbocycles. The van der Waals surface area contributed by atoms with Crippen molar-refractivity contribution in [3.8, 4) is 0 Å². The van der Waals surface area contributed by atoms with Gasteiger partial charge in [0.2, 0.25) is 5.91 Å². The molecule has 0 rings (SSSR count). The quantitative estimate of drug-likeness (QED) is 0.0200. The number of ether oxygens (including phenoxy) is 1. The molecule has 352 valence electrons. The van der Waals surface area contributed by atoms with E-state index in [0.717, 1.165) is 77.0 Å². The van der Waals surface area contributed by atoms with Gasteiger partial charge in [-0.25, -0.2) is 9.36 Å². The molecule has 0 aromatic carbocycles. The zero-order valence-electron chi connectivity index (χ0n) is 38.1.